The van der Waals surface area contributed by atoms with Gasteiger partial charge in [0.25, 0.3) is 0 Å². The fourth-order valence-corrected chi connectivity index (χ4v) is 7.61. The van der Waals surface area contributed by atoms with Crippen LogP contribution in [0.2, 0.25) is 0 Å². The highest BCUT2D eigenvalue weighted by molar-refractivity contribution is 7.47. The van der Waals surface area contributed by atoms with Crippen molar-refractivity contribution in [2.45, 2.75) is 244 Å². The normalized spacial score (nSPS) is 13.7. The number of hydrogen-bond acceptors (Lipinski definition) is 8. The maximum Gasteiger partial charge on any atom is 0.472 e. The zero-order chi connectivity index (χ0) is 42.8. The smallest absolute Gasteiger partial charge is 0.472 e. The predicted molar refractivity (Wildman–Crippen MR) is 236 cm³/mol. The van der Waals surface area contributed by atoms with Gasteiger partial charge in [-0.15, -0.1) is 0 Å². The molecule has 0 aliphatic heterocycles. The van der Waals surface area contributed by atoms with E-state index in [1.54, 1.807) is 0 Å². The van der Waals surface area contributed by atoms with E-state index in [0.717, 1.165) is 57.8 Å². The molecule has 0 aromatic rings. The van der Waals surface area contributed by atoms with Crippen molar-refractivity contribution in [1.82, 2.24) is 5.32 Å². The molecule has 1 amide bonds. The van der Waals surface area contributed by atoms with Crippen molar-refractivity contribution in [2.24, 2.45) is 0 Å². The third-order valence-corrected chi connectivity index (χ3v) is 11.5. The molecule has 0 spiro atoms. The topological polar surface area (TPSA) is 169 Å². The minimum Gasteiger partial charge on any atom is -0.480 e. The van der Waals surface area contributed by atoms with Gasteiger partial charge in [-0.3, -0.25) is 18.6 Å². The highest BCUT2D eigenvalue weighted by atomic mass is 31.2. The van der Waals surface area contributed by atoms with E-state index < -0.39 is 57.6 Å². The molecule has 0 aliphatic carbocycles. The first kappa shape index (κ1) is 56.2. The number of carboxylic acid groups (broad SMARTS) is 1. The highest BCUT2D eigenvalue weighted by Crippen LogP contribution is 2.43. The summed E-state index contributed by atoms with van der Waals surface area (Å²) in [6.07, 6.45) is 42.4. The summed E-state index contributed by atoms with van der Waals surface area (Å²) >= 11 is 0. The van der Waals surface area contributed by atoms with Gasteiger partial charge in [0, 0.05) is 12.8 Å². The summed E-state index contributed by atoms with van der Waals surface area (Å²) in [4.78, 5) is 46.0. The van der Waals surface area contributed by atoms with Crippen LogP contribution in [0.4, 0.5) is 0 Å². The van der Waals surface area contributed by atoms with Gasteiger partial charge in [0.1, 0.15) is 12.7 Å². The molecular formula is C46H88NO10P. The average molecular weight is 846 g/mol. The molecule has 3 unspecified atom stereocenters. The Labute approximate surface area is 354 Å². The number of carbonyl (C=O) groups is 3. The van der Waals surface area contributed by atoms with Gasteiger partial charge in [-0.05, 0) is 38.5 Å². The molecule has 0 heterocycles. The second-order valence-corrected chi connectivity index (χ2v) is 17.8. The van der Waals surface area contributed by atoms with Crippen molar-refractivity contribution < 1.29 is 47.8 Å². The van der Waals surface area contributed by atoms with Crippen LogP contribution in [0.15, 0.2) is 12.2 Å². The summed E-state index contributed by atoms with van der Waals surface area (Å²) in [6, 6.07) is -1.54. The summed E-state index contributed by atoms with van der Waals surface area (Å²) in [5.41, 5.74) is 0. The van der Waals surface area contributed by atoms with Crippen LogP contribution in [0.5, 0.6) is 0 Å². The van der Waals surface area contributed by atoms with Gasteiger partial charge in [-0.2, -0.15) is 0 Å². The van der Waals surface area contributed by atoms with Crippen LogP contribution in [0.25, 0.3) is 0 Å². The predicted octanol–water partition coefficient (Wildman–Crippen LogP) is 12.5. The van der Waals surface area contributed by atoms with Crippen LogP contribution in [0.1, 0.15) is 232 Å². The van der Waals surface area contributed by atoms with Crippen molar-refractivity contribution >= 4 is 25.7 Å². The molecule has 3 atom stereocenters. The quantitative estimate of drug-likeness (QED) is 0.0200. The van der Waals surface area contributed by atoms with Crippen LogP contribution in [-0.2, 0) is 32.7 Å². The van der Waals surface area contributed by atoms with Crippen molar-refractivity contribution in [3.05, 3.63) is 12.2 Å². The third kappa shape index (κ3) is 41.0. The largest absolute Gasteiger partial charge is 0.480 e. The molecule has 11 nitrogen and oxygen atoms in total. The summed E-state index contributed by atoms with van der Waals surface area (Å²) in [7, 11) is -4.75. The Bertz CT molecular complexity index is 1040. The van der Waals surface area contributed by atoms with Crippen LogP contribution in [0.3, 0.4) is 0 Å². The molecule has 0 aromatic carbocycles. The SMILES string of the molecule is CCCCCC/C=C\CCCCCCCC(=O)OCC(O)COP(=O)(O)OCC(NC(=O)CCCCCCCCCCCCCCCCCCCCCCC)C(=O)O. The standard InChI is InChI=1S/C46H88NO10P/c1-3-5-7-9-11-13-15-17-18-19-20-21-22-23-24-26-27-29-31-33-35-37-44(49)47-43(46(51)52)41-57-58(53,54)56-40-42(48)39-55-45(50)38-36-34-32-30-28-25-16-14-12-10-8-6-4-2/h14,16,42-43,48H,3-13,15,17-41H2,1-2H3,(H,47,49)(H,51,52)(H,53,54)/b16-14-. The van der Waals surface area contributed by atoms with Gasteiger partial charge in [0.15, 0.2) is 6.04 Å². The Kier molecular flexibility index (Phi) is 40.6. The highest BCUT2D eigenvalue weighted by Gasteiger charge is 2.28. The van der Waals surface area contributed by atoms with E-state index in [-0.39, 0.29) is 12.8 Å². The average Bonchev–Trinajstić information content (AvgIpc) is 3.20. The summed E-state index contributed by atoms with van der Waals surface area (Å²) in [5.74, 6) is -2.37. The summed E-state index contributed by atoms with van der Waals surface area (Å²) in [5, 5.41) is 21.9. The Morgan fingerprint density at radius 2 is 0.897 bits per heavy atom. The number of carboxylic acids is 1. The molecule has 0 radical (unpaired) electrons. The molecule has 0 rings (SSSR count). The van der Waals surface area contributed by atoms with E-state index >= 15 is 0 Å². The zero-order valence-corrected chi connectivity index (χ0v) is 38.0. The second kappa shape index (κ2) is 41.9. The van der Waals surface area contributed by atoms with Crippen molar-refractivity contribution in [1.29, 1.82) is 0 Å². The molecule has 0 aromatic heterocycles. The van der Waals surface area contributed by atoms with Crippen molar-refractivity contribution in [2.75, 3.05) is 19.8 Å². The van der Waals surface area contributed by atoms with Gasteiger partial charge in [0.05, 0.1) is 13.2 Å². The van der Waals surface area contributed by atoms with E-state index in [1.807, 2.05) is 0 Å². The van der Waals surface area contributed by atoms with Gasteiger partial charge in [-0.25, -0.2) is 9.36 Å². The first-order valence-corrected chi connectivity index (χ1v) is 25.2. The number of ether oxygens (including phenoxy) is 1. The van der Waals surface area contributed by atoms with Crippen LogP contribution in [0, 0.1) is 0 Å². The number of aliphatic carboxylic acids is 1. The van der Waals surface area contributed by atoms with E-state index in [0.29, 0.717) is 12.8 Å². The summed E-state index contributed by atoms with van der Waals surface area (Å²) < 4.78 is 26.9. The number of phosphoric ester groups is 1. The maximum atomic E-state index is 12.3. The zero-order valence-electron chi connectivity index (χ0n) is 37.1. The number of carbonyl (C=O) groups excluding carboxylic acids is 2. The minimum absolute atomic E-state index is 0.151. The molecule has 12 heteroatoms. The Morgan fingerprint density at radius 3 is 1.33 bits per heavy atom. The third-order valence-electron chi connectivity index (χ3n) is 10.6. The van der Waals surface area contributed by atoms with E-state index in [9.17, 15) is 34.1 Å². The van der Waals surface area contributed by atoms with E-state index in [1.165, 1.54) is 135 Å². The molecule has 0 saturated carbocycles. The first-order chi connectivity index (χ1) is 28.1. The lowest BCUT2D eigenvalue weighted by atomic mass is 10.0. The molecule has 0 fully saturated rings. The fraction of sp³-hybridized carbons (Fsp3) is 0.891. The second-order valence-electron chi connectivity index (χ2n) is 16.3. The number of allylic oxidation sites excluding steroid dienone is 2. The van der Waals surface area contributed by atoms with Crippen LogP contribution < -0.4 is 5.32 Å². The number of aliphatic hydroxyl groups excluding tert-OH is 1. The molecule has 342 valence electrons. The van der Waals surface area contributed by atoms with Crippen LogP contribution in [-0.4, -0.2) is 64.9 Å². The summed E-state index contributed by atoms with van der Waals surface area (Å²) in [6.45, 7) is 2.60. The molecule has 0 aliphatic rings. The van der Waals surface area contributed by atoms with Crippen molar-refractivity contribution in [3.63, 3.8) is 0 Å². The Balaban J connectivity index is 3.83. The number of nitrogens with one attached hydrogen (secondary N) is 1. The van der Waals surface area contributed by atoms with Gasteiger partial charge >= 0.3 is 19.8 Å². The number of hydrogen-bond donors (Lipinski definition) is 4. The molecule has 0 bridgehead atoms. The minimum atomic E-state index is -4.75. The lowest BCUT2D eigenvalue weighted by Crippen LogP contribution is -2.43. The lowest BCUT2D eigenvalue weighted by Gasteiger charge is -2.18. The molecule has 58 heavy (non-hydrogen) atoms. The number of phosphoric acid groups is 1. The number of rotatable bonds is 45. The fourth-order valence-electron chi connectivity index (χ4n) is 6.84. The monoisotopic (exact) mass is 846 g/mol. The van der Waals surface area contributed by atoms with Gasteiger partial charge in [-0.1, -0.05) is 193 Å². The van der Waals surface area contributed by atoms with E-state index in [4.69, 9.17) is 13.8 Å². The Morgan fingerprint density at radius 1 is 0.534 bits per heavy atom. The van der Waals surface area contributed by atoms with Gasteiger partial charge in [0.2, 0.25) is 5.91 Å². The van der Waals surface area contributed by atoms with Crippen LogP contribution >= 0.6 is 7.82 Å². The maximum absolute atomic E-state index is 12.3. The molecule has 0 saturated heterocycles. The number of amides is 1. The van der Waals surface area contributed by atoms with Gasteiger partial charge < -0.3 is 25.2 Å². The molecular weight excluding hydrogens is 757 g/mol. The lowest BCUT2D eigenvalue weighted by molar-refractivity contribution is -0.147. The number of unbranched alkanes of at least 4 members (excludes halogenated alkanes) is 29. The van der Waals surface area contributed by atoms with Crippen molar-refractivity contribution in [3.8, 4) is 0 Å². The Hall–Kier alpha value is -1.78. The number of esters is 1. The van der Waals surface area contributed by atoms with E-state index in [2.05, 4.69) is 31.3 Å². The number of aliphatic hydroxyl groups is 1. The first-order valence-electron chi connectivity index (χ1n) is 23.7. The molecule has 4 N–H and O–H groups in total.